The number of benzene rings is 7. The highest BCUT2D eigenvalue weighted by molar-refractivity contribution is 6.14. The van der Waals surface area contributed by atoms with Crippen LogP contribution in [0.5, 0.6) is 0 Å². The number of para-hydroxylation sites is 2. The molecule has 8 aromatic rings. The molecule has 0 radical (unpaired) electrons. The molecule has 2 aliphatic rings. The van der Waals surface area contributed by atoms with Crippen LogP contribution in [0.1, 0.15) is 40.2 Å². The molecule has 1 atom stereocenters. The first-order chi connectivity index (χ1) is 28.7. The summed E-state index contributed by atoms with van der Waals surface area (Å²) in [5.41, 5.74) is 15.8. The van der Waals surface area contributed by atoms with E-state index in [0.29, 0.717) is 5.92 Å². The minimum Gasteiger partial charge on any atom is -0.455 e. The first kappa shape index (κ1) is 35.0. The Hall–Kier alpha value is -7.42. The van der Waals surface area contributed by atoms with Crippen molar-refractivity contribution in [3.63, 3.8) is 0 Å². The van der Waals surface area contributed by atoms with Crippen LogP contribution in [-0.2, 0) is 0 Å². The maximum atomic E-state index is 6.79. The second kappa shape index (κ2) is 14.9. The van der Waals surface area contributed by atoms with E-state index in [-0.39, 0.29) is 0 Å². The van der Waals surface area contributed by atoms with E-state index in [1.54, 1.807) is 0 Å². The molecular weight excluding hydrogens is 703 g/mol. The molecule has 0 aliphatic heterocycles. The molecule has 0 saturated heterocycles. The van der Waals surface area contributed by atoms with E-state index >= 15 is 0 Å². The van der Waals surface area contributed by atoms with Crippen LogP contribution in [0.3, 0.4) is 0 Å². The summed E-state index contributed by atoms with van der Waals surface area (Å²) in [6.45, 7) is 7.86. The molecule has 0 fully saturated rings. The largest absolute Gasteiger partial charge is 0.455 e. The van der Waals surface area contributed by atoms with E-state index in [1.807, 2.05) is 24.3 Å². The fourth-order valence-corrected chi connectivity index (χ4v) is 8.81. The van der Waals surface area contributed by atoms with Crippen LogP contribution in [0.15, 0.2) is 211 Å². The standard InChI is InChI=1S/C56H41NO/c1-3-5-15-38-27-33-45(35-41(38)16-6-4-2)57(44-31-28-40(29-32-44)47-22-13-23-48-46-20-10-9-17-39(46)30-34-49(47)48)54-26-12-11-21-50(54)51-24-14-25-52-53-36-42-18-7-8-19-43(42)37-55(53)58-56(51)52/h3-22,24-37,48H,1-2,23H2/b15-5-,16-6-. The Kier molecular flexibility index (Phi) is 9.01. The zero-order chi connectivity index (χ0) is 39.0. The summed E-state index contributed by atoms with van der Waals surface area (Å²) in [4.78, 5) is 2.37. The Morgan fingerprint density at radius 3 is 2.16 bits per heavy atom. The lowest BCUT2D eigenvalue weighted by molar-refractivity contribution is 0.670. The number of anilines is 3. The fourth-order valence-electron chi connectivity index (χ4n) is 8.81. The number of nitrogens with zero attached hydrogens (tertiary/aromatic N) is 1. The molecule has 1 heterocycles. The first-order valence-electron chi connectivity index (χ1n) is 19.9. The number of hydrogen-bond donors (Lipinski definition) is 0. The molecule has 7 aromatic carbocycles. The molecule has 0 saturated carbocycles. The third kappa shape index (κ3) is 6.16. The van der Waals surface area contributed by atoms with Gasteiger partial charge in [0.1, 0.15) is 11.2 Å². The maximum Gasteiger partial charge on any atom is 0.143 e. The van der Waals surface area contributed by atoms with Gasteiger partial charge in [-0.15, -0.1) is 0 Å². The van der Waals surface area contributed by atoms with Gasteiger partial charge in [0, 0.05) is 39.2 Å². The van der Waals surface area contributed by atoms with Crippen molar-refractivity contribution in [2.45, 2.75) is 12.3 Å². The third-order valence-electron chi connectivity index (χ3n) is 11.5. The molecule has 2 nitrogen and oxygen atoms in total. The normalized spacial score (nSPS) is 14.8. The molecule has 0 spiro atoms. The Labute approximate surface area is 339 Å². The van der Waals surface area contributed by atoms with Crippen molar-refractivity contribution >= 4 is 73.6 Å². The van der Waals surface area contributed by atoms with Crippen molar-refractivity contribution in [2.75, 3.05) is 4.90 Å². The second-order valence-corrected chi connectivity index (χ2v) is 14.9. The van der Waals surface area contributed by atoms with E-state index in [1.165, 1.54) is 38.6 Å². The maximum absolute atomic E-state index is 6.79. The fraction of sp³-hybridized carbons (Fsp3) is 0.0357. The van der Waals surface area contributed by atoms with Gasteiger partial charge in [-0.2, -0.15) is 0 Å². The van der Waals surface area contributed by atoms with E-state index in [4.69, 9.17) is 4.42 Å². The van der Waals surface area contributed by atoms with Crippen LogP contribution in [0.2, 0.25) is 0 Å². The van der Waals surface area contributed by atoms with Crippen LogP contribution < -0.4 is 4.90 Å². The van der Waals surface area contributed by atoms with Gasteiger partial charge in [0.25, 0.3) is 0 Å². The molecule has 2 heteroatoms. The molecule has 1 unspecified atom stereocenters. The van der Waals surface area contributed by atoms with E-state index in [9.17, 15) is 0 Å². The van der Waals surface area contributed by atoms with E-state index < -0.39 is 0 Å². The zero-order valence-corrected chi connectivity index (χ0v) is 32.2. The van der Waals surface area contributed by atoms with Crippen molar-refractivity contribution in [2.24, 2.45) is 0 Å². The van der Waals surface area contributed by atoms with Crippen LogP contribution in [-0.4, -0.2) is 0 Å². The van der Waals surface area contributed by atoms with Crippen LogP contribution >= 0.6 is 0 Å². The molecule has 1 aromatic heterocycles. The minimum atomic E-state index is 0.360. The Bertz CT molecular complexity index is 3070. The predicted octanol–water partition coefficient (Wildman–Crippen LogP) is 15.8. The number of fused-ring (bicyclic) bond motifs is 7. The second-order valence-electron chi connectivity index (χ2n) is 14.9. The first-order valence-corrected chi connectivity index (χ1v) is 19.9. The summed E-state index contributed by atoms with van der Waals surface area (Å²) in [7, 11) is 0. The molecule has 276 valence electrons. The number of hydrogen-bond acceptors (Lipinski definition) is 2. The SMILES string of the molecule is C=C/C=C\c1ccc(N(c2ccc(C3=C4C=Cc5ccccc5C4CC=C3)cc2)c2ccccc2-c2cccc3c2oc2cc4ccccc4cc23)cc1/C=C\C=C. The lowest BCUT2D eigenvalue weighted by atomic mass is 9.76. The number of furan rings is 1. The van der Waals surface area contributed by atoms with Gasteiger partial charge in [0.15, 0.2) is 0 Å². The summed E-state index contributed by atoms with van der Waals surface area (Å²) >= 11 is 0. The Morgan fingerprint density at radius 2 is 1.31 bits per heavy atom. The highest BCUT2D eigenvalue weighted by Gasteiger charge is 2.26. The summed E-state index contributed by atoms with van der Waals surface area (Å²) in [5.74, 6) is 0.360. The lowest BCUT2D eigenvalue weighted by Crippen LogP contribution is -2.12. The van der Waals surface area contributed by atoms with Gasteiger partial charge >= 0.3 is 0 Å². The molecule has 0 bridgehead atoms. The van der Waals surface area contributed by atoms with E-state index in [2.05, 4.69) is 200 Å². The zero-order valence-electron chi connectivity index (χ0n) is 32.2. The monoisotopic (exact) mass is 743 g/mol. The molecule has 58 heavy (non-hydrogen) atoms. The van der Waals surface area contributed by atoms with Crippen molar-refractivity contribution in [3.8, 4) is 11.1 Å². The highest BCUT2D eigenvalue weighted by atomic mass is 16.3. The molecular formula is C56H41NO. The van der Waals surface area contributed by atoms with Crippen molar-refractivity contribution < 1.29 is 4.42 Å². The Balaban J connectivity index is 1.14. The van der Waals surface area contributed by atoms with E-state index in [0.717, 1.165) is 67.7 Å². The van der Waals surface area contributed by atoms with Crippen molar-refractivity contribution in [3.05, 3.63) is 235 Å². The van der Waals surface area contributed by atoms with Gasteiger partial charge in [-0.05, 0) is 98.6 Å². The van der Waals surface area contributed by atoms with Gasteiger partial charge in [0.05, 0.1) is 5.69 Å². The Morgan fingerprint density at radius 1 is 0.586 bits per heavy atom. The third-order valence-corrected chi connectivity index (χ3v) is 11.5. The average molecular weight is 744 g/mol. The average Bonchev–Trinajstić information content (AvgIpc) is 3.65. The van der Waals surface area contributed by atoms with Crippen LogP contribution in [0.25, 0.3) is 67.6 Å². The highest BCUT2D eigenvalue weighted by Crippen LogP contribution is 2.47. The smallest absolute Gasteiger partial charge is 0.143 e. The molecule has 10 rings (SSSR count). The molecule has 0 amide bonds. The van der Waals surface area contributed by atoms with Gasteiger partial charge in [0.2, 0.25) is 0 Å². The molecule has 2 aliphatic carbocycles. The number of rotatable bonds is 9. The molecule has 0 N–H and O–H groups in total. The number of allylic oxidation sites excluding steroid dienone is 9. The van der Waals surface area contributed by atoms with Gasteiger partial charge in [-0.3, -0.25) is 0 Å². The summed E-state index contributed by atoms with van der Waals surface area (Å²) < 4.78 is 6.79. The van der Waals surface area contributed by atoms with Gasteiger partial charge in [-0.25, -0.2) is 0 Å². The topological polar surface area (TPSA) is 16.4 Å². The van der Waals surface area contributed by atoms with Gasteiger partial charge in [-0.1, -0.05) is 177 Å². The summed E-state index contributed by atoms with van der Waals surface area (Å²) in [5, 5.41) is 4.59. The quantitative estimate of drug-likeness (QED) is 0.137. The van der Waals surface area contributed by atoms with Gasteiger partial charge < -0.3 is 9.32 Å². The van der Waals surface area contributed by atoms with Crippen molar-refractivity contribution in [1.82, 2.24) is 0 Å². The summed E-state index contributed by atoms with van der Waals surface area (Å²) in [6.07, 6.45) is 22.0. The summed E-state index contributed by atoms with van der Waals surface area (Å²) in [6, 6.07) is 52.6. The van der Waals surface area contributed by atoms with Crippen LogP contribution in [0.4, 0.5) is 17.1 Å². The predicted molar refractivity (Wildman–Crippen MR) is 249 cm³/mol. The van der Waals surface area contributed by atoms with Crippen molar-refractivity contribution in [1.29, 1.82) is 0 Å². The minimum absolute atomic E-state index is 0.360. The van der Waals surface area contributed by atoms with Crippen LogP contribution in [0, 0.1) is 0 Å². The lowest BCUT2D eigenvalue weighted by Gasteiger charge is -2.30.